The molecule has 4 nitrogen and oxygen atoms in total. The number of fused-ring (bicyclic) bond motifs is 1. The first-order valence-electron chi connectivity index (χ1n) is 7.85. The molecular weight excluding hydrogens is 506 g/mol. The number of hydrogen-bond donors (Lipinski definition) is 1. The second-order valence-electron chi connectivity index (χ2n) is 6.20. The van der Waals surface area contributed by atoms with E-state index in [1.807, 2.05) is 36.2 Å². The number of nitrogens with one attached hydrogen (secondary N) is 1. The number of benzene rings is 2. The van der Waals surface area contributed by atoms with Crippen LogP contribution in [-0.4, -0.2) is 38.1 Å². The average Bonchev–Trinajstić information content (AvgIpc) is 2.55. The lowest BCUT2D eigenvalue weighted by Crippen LogP contribution is -2.31. The second kappa shape index (κ2) is 9.10. The molecule has 1 unspecified atom stereocenters. The Hall–Kier alpha value is -0.540. The van der Waals surface area contributed by atoms with Crippen LogP contribution in [0.25, 0.3) is 0 Å². The van der Waals surface area contributed by atoms with Crippen molar-refractivity contribution in [2.45, 2.75) is 12.5 Å². The highest BCUT2D eigenvalue weighted by molar-refractivity contribution is 14.1. The maximum absolute atomic E-state index is 11.5. The standard InChI is InChI=1S/C17H18Cl2N2O2S.CH3I/c1-21-9-15(14-7-12(18)8-17(19)16(14)10-21)11-4-3-5-13(6-11)20-24(2,22)23;1-2/h3-8,15,20H,9-10H2,1-2H3;1H3. The van der Waals surface area contributed by atoms with Gasteiger partial charge in [-0.3, -0.25) is 4.72 Å². The van der Waals surface area contributed by atoms with Gasteiger partial charge in [-0.1, -0.05) is 57.9 Å². The molecule has 2 aromatic rings. The van der Waals surface area contributed by atoms with Gasteiger partial charge in [-0.15, -0.1) is 0 Å². The van der Waals surface area contributed by atoms with Crippen LogP contribution in [0.15, 0.2) is 36.4 Å². The molecule has 0 radical (unpaired) electrons. The fourth-order valence-corrected chi connectivity index (χ4v) is 4.29. The maximum atomic E-state index is 11.5. The van der Waals surface area contributed by atoms with Crippen molar-refractivity contribution in [3.8, 4) is 0 Å². The SMILES string of the molecule is CI.CN1Cc2c(Cl)cc(Cl)cc2C(c2cccc(NS(C)(=O)=O)c2)C1. The maximum Gasteiger partial charge on any atom is 0.229 e. The van der Waals surface area contributed by atoms with Gasteiger partial charge < -0.3 is 4.90 Å². The Morgan fingerprint density at radius 2 is 1.88 bits per heavy atom. The lowest BCUT2D eigenvalue weighted by molar-refractivity contribution is 0.295. The summed E-state index contributed by atoms with van der Waals surface area (Å²) in [4.78, 5) is 4.17. The first-order chi connectivity index (χ1) is 12.2. The van der Waals surface area contributed by atoms with Crippen molar-refractivity contribution < 1.29 is 8.42 Å². The van der Waals surface area contributed by atoms with Crippen LogP contribution in [-0.2, 0) is 16.6 Å². The van der Waals surface area contributed by atoms with Crippen LogP contribution in [0.4, 0.5) is 5.69 Å². The summed E-state index contributed by atoms with van der Waals surface area (Å²) in [5.74, 6) is 0.0799. The summed E-state index contributed by atoms with van der Waals surface area (Å²) in [5.41, 5.74) is 3.75. The number of nitrogens with zero attached hydrogens (tertiary/aromatic N) is 1. The molecule has 0 fully saturated rings. The van der Waals surface area contributed by atoms with Crippen molar-refractivity contribution in [1.82, 2.24) is 4.90 Å². The van der Waals surface area contributed by atoms with E-state index in [1.165, 1.54) is 0 Å². The molecular formula is C18H21Cl2IN2O2S. The van der Waals surface area contributed by atoms with Crippen LogP contribution in [0, 0.1) is 0 Å². The minimum atomic E-state index is -3.31. The number of sulfonamides is 1. The van der Waals surface area contributed by atoms with Crippen LogP contribution in [0.1, 0.15) is 22.6 Å². The molecule has 142 valence electrons. The Bertz CT molecular complexity index is 891. The highest BCUT2D eigenvalue weighted by Gasteiger charge is 2.27. The number of anilines is 1. The zero-order valence-corrected chi connectivity index (χ0v) is 19.2. The third kappa shape index (κ3) is 5.48. The van der Waals surface area contributed by atoms with Crippen LogP contribution in [0.3, 0.4) is 0 Å². The lowest BCUT2D eigenvalue weighted by Gasteiger charge is -2.33. The van der Waals surface area contributed by atoms with Gasteiger partial charge in [0.05, 0.1) is 6.26 Å². The number of alkyl halides is 1. The van der Waals surface area contributed by atoms with E-state index in [0.29, 0.717) is 15.7 Å². The molecule has 1 aliphatic rings. The monoisotopic (exact) mass is 526 g/mol. The minimum Gasteiger partial charge on any atom is -0.301 e. The van der Waals surface area contributed by atoms with Gasteiger partial charge in [0, 0.05) is 34.7 Å². The molecule has 0 spiro atoms. The highest BCUT2D eigenvalue weighted by Crippen LogP contribution is 2.38. The van der Waals surface area contributed by atoms with E-state index >= 15 is 0 Å². The zero-order chi connectivity index (χ0) is 19.5. The van der Waals surface area contributed by atoms with Crippen molar-refractivity contribution in [2.24, 2.45) is 0 Å². The van der Waals surface area contributed by atoms with Crippen LogP contribution < -0.4 is 4.72 Å². The molecule has 0 amide bonds. The normalized spacial score (nSPS) is 17.1. The summed E-state index contributed by atoms with van der Waals surface area (Å²) in [6, 6.07) is 11.2. The van der Waals surface area contributed by atoms with Crippen LogP contribution in [0.2, 0.25) is 10.0 Å². The minimum absolute atomic E-state index is 0.0799. The van der Waals surface area contributed by atoms with Gasteiger partial charge in [-0.2, -0.15) is 0 Å². The largest absolute Gasteiger partial charge is 0.301 e. The van der Waals surface area contributed by atoms with Crippen molar-refractivity contribution >= 4 is 61.5 Å². The fraction of sp³-hybridized carbons (Fsp3) is 0.333. The predicted octanol–water partition coefficient (Wildman–Crippen LogP) is 4.99. The fourth-order valence-electron chi connectivity index (χ4n) is 3.16. The average molecular weight is 527 g/mol. The first kappa shape index (κ1) is 21.8. The summed E-state index contributed by atoms with van der Waals surface area (Å²) in [7, 11) is -1.27. The van der Waals surface area contributed by atoms with Gasteiger partial charge in [-0.25, -0.2) is 8.42 Å². The molecule has 1 aliphatic heterocycles. The molecule has 0 bridgehead atoms. The van der Waals surface area contributed by atoms with E-state index in [4.69, 9.17) is 23.2 Å². The quantitative estimate of drug-likeness (QED) is 0.452. The Kier molecular flexibility index (Phi) is 7.62. The third-order valence-electron chi connectivity index (χ3n) is 4.08. The summed E-state index contributed by atoms with van der Waals surface area (Å²) < 4.78 is 25.5. The van der Waals surface area contributed by atoms with Gasteiger partial charge in [-0.05, 0) is 52.9 Å². The molecule has 1 atom stereocenters. The summed E-state index contributed by atoms with van der Waals surface area (Å²) >= 11 is 14.7. The van der Waals surface area contributed by atoms with Gasteiger partial charge in [0.2, 0.25) is 10.0 Å². The van der Waals surface area contributed by atoms with E-state index in [0.717, 1.165) is 36.0 Å². The number of halogens is 3. The first-order valence-corrected chi connectivity index (χ1v) is 12.7. The van der Waals surface area contributed by atoms with Crippen molar-refractivity contribution in [2.75, 3.05) is 29.5 Å². The number of rotatable bonds is 3. The molecule has 3 rings (SSSR count). The van der Waals surface area contributed by atoms with E-state index in [2.05, 4.69) is 32.2 Å². The summed E-state index contributed by atoms with van der Waals surface area (Å²) in [6.07, 6.45) is 1.14. The molecule has 0 saturated heterocycles. The van der Waals surface area contributed by atoms with Gasteiger partial charge in [0.1, 0.15) is 0 Å². The van der Waals surface area contributed by atoms with Gasteiger partial charge in [0.15, 0.2) is 0 Å². The molecule has 0 aromatic heterocycles. The topological polar surface area (TPSA) is 49.4 Å². The molecule has 1 N–H and O–H groups in total. The third-order valence-corrected chi connectivity index (χ3v) is 5.25. The molecule has 8 heteroatoms. The highest BCUT2D eigenvalue weighted by atomic mass is 127. The smallest absolute Gasteiger partial charge is 0.229 e. The van der Waals surface area contributed by atoms with Crippen molar-refractivity contribution in [3.05, 3.63) is 63.1 Å². The Morgan fingerprint density at radius 1 is 1.19 bits per heavy atom. The Morgan fingerprint density at radius 3 is 2.54 bits per heavy atom. The van der Waals surface area contributed by atoms with Gasteiger partial charge in [0.25, 0.3) is 0 Å². The molecule has 26 heavy (non-hydrogen) atoms. The molecule has 0 saturated carbocycles. The van der Waals surface area contributed by atoms with Crippen LogP contribution >= 0.6 is 45.8 Å². The van der Waals surface area contributed by atoms with E-state index < -0.39 is 10.0 Å². The predicted molar refractivity (Wildman–Crippen MR) is 119 cm³/mol. The Balaban J connectivity index is 0.00000117. The van der Waals surface area contributed by atoms with E-state index in [-0.39, 0.29) is 5.92 Å². The van der Waals surface area contributed by atoms with Crippen LogP contribution in [0.5, 0.6) is 0 Å². The molecule has 0 aliphatic carbocycles. The molecule has 1 heterocycles. The number of hydrogen-bond acceptors (Lipinski definition) is 3. The summed E-state index contributed by atoms with van der Waals surface area (Å²) in [5, 5.41) is 1.28. The summed E-state index contributed by atoms with van der Waals surface area (Å²) in [6.45, 7) is 1.58. The van der Waals surface area contributed by atoms with Gasteiger partial charge >= 0.3 is 0 Å². The molecule has 2 aromatic carbocycles. The van der Waals surface area contributed by atoms with E-state index in [9.17, 15) is 8.42 Å². The second-order valence-corrected chi connectivity index (χ2v) is 8.80. The zero-order valence-electron chi connectivity index (χ0n) is 14.8. The van der Waals surface area contributed by atoms with Crippen molar-refractivity contribution in [1.29, 1.82) is 0 Å². The number of likely N-dealkylation sites (N-methyl/N-ethyl adjacent to an activating group) is 1. The van der Waals surface area contributed by atoms with Crippen molar-refractivity contribution in [3.63, 3.8) is 0 Å². The van der Waals surface area contributed by atoms with E-state index in [1.54, 1.807) is 12.1 Å². The Labute approximate surface area is 179 Å². The lowest BCUT2D eigenvalue weighted by atomic mass is 9.84.